The highest BCUT2D eigenvalue weighted by Gasteiger charge is 2.32. The van der Waals surface area contributed by atoms with Gasteiger partial charge in [-0.2, -0.15) is 0 Å². The third-order valence-corrected chi connectivity index (χ3v) is 9.63. The Bertz CT molecular complexity index is 1790. The number of piperidine rings is 1. The van der Waals surface area contributed by atoms with Gasteiger partial charge in [0.1, 0.15) is 5.82 Å². The number of rotatable bonds is 7. The van der Waals surface area contributed by atoms with Gasteiger partial charge in [0, 0.05) is 43.1 Å². The molecule has 1 aromatic heterocycles. The van der Waals surface area contributed by atoms with Crippen molar-refractivity contribution in [3.8, 4) is 0 Å². The number of carbonyl (C=O) groups is 1. The van der Waals surface area contributed by atoms with Crippen molar-refractivity contribution in [2.24, 2.45) is 5.92 Å². The fourth-order valence-corrected chi connectivity index (χ4v) is 6.83. The molecule has 0 radical (unpaired) electrons. The first-order chi connectivity index (χ1) is 21.3. The van der Waals surface area contributed by atoms with Crippen LogP contribution in [0.2, 0.25) is 0 Å². The Balaban J connectivity index is 1.11. The monoisotopic (exact) mass is 591 g/mol. The maximum Gasteiger partial charge on any atom is 0.273 e. The summed E-state index contributed by atoms with van der Waals surface area (Å²) in [5.74, 6) is -0.549. The first kappa shape index (κ1) is 28.7. The third-order valence-electron chi connectivity index (χ3n) is 9.63. The van der Waals surface area contributed by atoms with Crippen LogP contribution in [0.15, 0.2) is 78.4 Å². The van der Waals surface area contributed by atoms with Crippen molar-refractivity contribution in [1.29, 1.82) is 0 Å². The van der Waals surface area contributed by atoms with Crippen molar-refractivity contribution in [3.63, 3.8) is 0 Å². The molecule has 0 bridgehead atoms. The summed E-state index contributed by atoms with van der Waals surface area (Å²) in [4.78, 5) is 20.8. The van der Waals surface area contributed by atoms with E-state index in [4.69, 9.17) is 4.98 Å². The van der Waals surface area contributed by atoms with Crippen LogP contribution >= 0.6 is 0 Å². The number of halogens is 2. The van der Waals surface area contributed by atoms with E-state index in [2.05, 4.69) is 47.9 Å². The first-order valence-corrected chi connectivity index (χ1v) is 16.1. The number of hydrogen-bond donors (Lipinski definition) is 0. The van der Waals surface area contributed by atoms with E-state index in [1.807, 2.05) is 29.2 Å². The summed E-state index contributed by atoms with van der Waals surface area (Å²) in [7, 11) is 0. The normalized spacial score (nSPS) is 17.7. The molecule has 44 heavy (non-hydrogen) atoms. The number of fused-ring (bicyclic) bond motifs is 2. The van der Waals surface area contributed by atoms with Crippen LogP contribution in [0.4, 0.5) is 8.78 Å². The number of nitrogens with zero attached hydrogens (tertiary/aromatic N) is 3. The van der Waals surface area contributed by atoms with E-state index in [0.717, 1.165) is 65.1 Å². The highest BCUT2D eigenvalue weighted by molar-refractivity contribution is 5.97. The lowest BCUT2D eigenvalue weighted by atomic mass is 9.90. The second-order valence-electron chi connectivity index (χ2n) is 12.8. The van der Waals surface area contributed by atoms with Gasteiger partial charge in [-0.15, -0.1) is 0 Å². The molecule has 3 aliphatic rings. The highest BCUT2D eigenvalue weighted by atomic mass is 19.3. The molecule has 1 saturated carbocycles. The molecule has 226 valence electrons. The van der Waals surface area contributed by atoms with Crippen LogP contribution in [0.3, 0.4) is 0 Å². The van der Waals surface area contributed by atoms with Gasteiger partial charge in [-0.25, -0.2) is 13.8 Å². The number of amides is 1. The second-order valence-corrected chi connectivity index (χ2v) is 12.8. The molecule has 2 fully saturated rings. The van der Waals surface area contributed by atoms with E-state index in [0.29, 0.717) is 24.6 Å². The first-order valence-electron chi connectivity index (χ1n) is 16.1. The molecular formula is C38H39F2N3O. The summed E-state index contributed by atoms with van der Waals surface area (Å²) in [6.07, 6.45) is 9.11. The van der Waals surface area contributed by atoms with Crippen LogP contribution in [0, 0.1) is 5.92 Å². The molecule has 6 heteroatoms. The Kier molecular flexibility index (Phi) is 7.47. The Morgan fingerprint density at radius 3 is 2.55 bits per heavy atom. The maximum atomic E-state index is 14.6. The summed E-state index contributed by atoms with van der Waals surface area (Å²) in [5.41, 5.74) is 7.76. The number of allylic oxidation sites excluding steroid dienone is 2. The molecular weight excluding hydrogens is 552 g/mol. The average molecular weight is 592 g/mol. The van der Waals surface area contributed by atoms with E-state index < -0.39 is 5.92 Å². The van der Waals surface area contributed by atoms with Gasteiger partial charge in [-0.3, -0.25) is 4.79 Å². The molecule has 4 aromatic rings. The van der Waals surface area contributed by atoms with Gasteiger partial charge in [0.15, 0.2) is 0 Å². The average Bonchev–Trinajstić information content (AvgIpc) is 3.83. The fourth-order valence-electron chi connectivity index (χ4n) is 6.83. The number of carbonyl (C=O) groups excluding carboxylic acids is 1. The van der Waals surface area contributed by atoms with E-state index in [1.54, 1.807) is 12.1 Å². The molecule has 0 N–H and O–H groups in total. The molecule has 1 amide bonds. The minimum Gasteiger partial charge on any atom is -0.339 e. The largest absolute Gasteiger partial charge is 0.339 e. The molecule has 1 aliphatic heterocycles. The number of para-hydroxylation sites is 2. The minimum atomic E-state index is -2.87. The summed E-state index contributed by atoms with van der Waals surface area (Å²) >= 11 is 0. The summed E-state index contributed by atoms with van der Waals surface area (Å²) < 4.78 is 31.6. The smallest absolute Gasteiger partial charge is 0.273 e. The predicted molar refractivity (Wildman–Crippen MR) is 173 cm³/mol. The van der Waals surface area contributed by atoms with Gasteiger partial charge in [-0.05, 0) is 97.5 Å². The topological polar surface area (TPSA) is 38.1 Å². The molecule has 0 unspecified atom stereocenters. The second kappa shape index (κ2) is 11.5. The maximum absolute atomic E-state index is 14.6. The molecule has 3 aromatic carbocycles. The zero-order chi connectivity index (χ0) is 30.4. The van der Waals surface area contributed by atoms with Crippen molar-refractivity contribution in [3.05, 3.63) is 112 Å². The number of alkyl halides is 2. The van der Waals surface area contributed by atoms with Crippen molar-refractivity contribution in [1.82, 2.24) is 14.5 Å². The van der Waals surface area contributed by atoms with Crippen molar-refractivity contribution in [2.75, 3.05) is 13.1 Å². The lowest BCUT2D eigenvalue weighted by Gasteiger charge is -2.32. The SMILES string of the molecule is CCC(F)(F)c1cccc(C2=CCC(C)=Cc3cc(C(=O)N4CCC(c5nc6ccccc6n5CC5CC5)CC4)ccc32)c1. The summed E-state index contributed by atoms with van der Waals surface area (Å²) in [6.45, 7) is 6.02. The van der Waals surface area contributed by atoms with E-state index >= 15 is 0 Å². The number of hydrogen-bond acceptors (Lipinski definition) is 2. The van der Waals surface area contributed by atoms with Crippen molar-refractivity contribution in [2.45, 2.75) is 70.8 Å². The van der Waals surface area contributed by atoms with Gasteiger partial charge < -0.3 is 9.47 Å². The minimum absolute atomic E-state index is 0.0344. The lowest BCUT2D eigenvalue weighted by molar-refractivity contribution is -0.00831. The molecule has 2 aliphatic carbocycles. The van der Waals surface area contributed by atoms with Gasteiger partial charge in [0.2, 0.25) is 0 Å². The van der Waals surface area contributed by atoms with Crippen LogP contribution in [-0.2, 0) is 12.5 Å². The van der Waals surface area contributed by atoms with Gasteiger partial charge in [0.25, 0.3) is 11.8 Å². The number of imidazole rings is 1. The predicted octanol–water partition coefficient (Wildman–Crippen LogP) is 9.21. The summed E-state index contributed by atoms with van der Waals surface area (Å²) in [5, 5.41) is 0. The summed E-state index contributed by atoms with van der Waals surface area (Å²) in [6, 6.07) is 21.0. The Hall–Kier alpha value is -4.06. The molecule has 0 atom stereocenters. The van der Waals surface area contributed by atoms with Crippen LogP contribution in [0.5, 0.6) is 0 Å². The van der Waals surface area contributed by atoms with Crippen LogP contribution in [0.25, 0.3) is 22.7 Å². The number of aromatic nitrogens is 2. The highest BCUT2D eigenvalue weighted by Crippen LogP contribution is 2.38. The Morgan fingerprint density at radius 2 is 1.77 bits per heavy atom. The number of benzene rings is 3. The van der Waals surface area contributed by atoms with Gasteiger partial charge in [0.05, 0.1) is 11.0 Å². The molecule has 4 nitrogen and oxygen atoms in total. The van der Waals surface area contributed by atoms with E-state index in [1.165, 1.54) is 37.2 Å². The Morgan fingerprint density at radius 1 is 0.977 bits per heavy atom. The fraction of sp³-hybridized carbons (Fsp3) is 0.368. The van der Waals surface area contributed by atoms with E-state index in [9.17, 15) is 13.6 Å². The molecule has 2 heterocycles. The van der Waals surface area contributed by atoms with Crippen LogP contribution in [0.1, 0.15) is 96.7 Å². The molecule has 1 saturated heterocycles. The Labute approximate surface area is 258 Å². The quantitative estimate of drug-likeness (QED) is 0.215. The van der Waals surface area contributed by atoms with Crippen molar-refractivity contribution < 1.29 is 13.6 Å². The van der Waals surface area contributed by atoms with Gasteiger partial charge >= 0.3 is 0 Å². The van der Waals surface area contributed by atoms with Crippen LogP contribution in [-0.4, -0.2) is 33.4 Å². The zero-order valence-electron chi connectivity index (χ0n) is 25.5. The van der Waals surface area contributed by atoms with Crippen molar-refractivity contribution >= 4 is 28.6 Å². The third kappa shape index (κ3) is 5.51. The van der Waals surface area contributed by atoms with Crippen LogP contribution < -0.4 is 0 Å². The van der Waals surface area contributed by atoms with E-state index in [-0.39, 0.29) is 17.9 Å². The number of likely N-dealkylation sites (tertiary alicyclic amines) is 1. The molecule has 0 spiro atoms. The standard InChI is InChI=1S/C38H39F2N3O/c1-3-38(39,40)31-8-6-7-28(23-31)32-15-11-25(2)21-30-22-29(14-16-33(30)32)37(44)42-19-17-27(18-20-42)36-41-34-9-4-5-10-35(34)43(36)24-26-12-13-26/h4-10,14-16,21-23,26-27H,3,11-13,17-20,24H2,1-2H3. The molecule has 7 rings (SSSR count). The lowest BCUT2D eigenvalue weighted by Crippen LogP contribution is -2.38. The van der Waals surface area contributed by atoms with Gasteiger partial charge in [-0.1, -0.05) is 61.0 Å². The zero-order valence-corrected chi connectivity index (χ0v) is 25.5.